The van der Waals surface area contributed by atoms with E-state index in [1.165, 1.54) is 58.6 Å². The average molecular weight is 403 g/mol. The van der Waals surface area contributed by atoms with Crippen LogP contribution in [0.1, 0.15) is 95.2 Å². The van der Waals surface area contributed by atoms with Gasteiger partial charge in [0.25, 0.3) is 0 Å². The number of aromatic nitrogens is 1. The molecule has 2 unspecified atom stereocenters. The molecule has 2 heteroatoms. The summed E-state index contributed by atoms with van der Waals surface area (Å²) in [5.41, 5.74) is 10.4. The maximum atomic E-state index is 5.28. The van der Waals surface area contributed by atoms with Crippen LogP contribution in [0.15, 0.2) is 48.2 Å². The van der Waals surface area contributed by atoms with Crippen molar-refractivity contribution in [3.63, 3.8) is 0 Å². The van der Waals surface area contributed by atoms with Crippen LogP contribution in [0, 0.1) is 5.41 Å². The van der Waals surface area contributed by atoms with Crippen molar-refractivity contribution in [2.24, 2.45) is 5.41 Å². The zero-order valence-electron chi connectivity index (χ0n) is 19.6. The Balaban J connectivity index is 1.90. The minimum absolute atomic E-state index is 0.266. The molecule has 2 nitrogen and oxygen atoms in total. The van der Waals surface area contributed by atoms with Crippen LogP contribution in [-0.4, -0.2) is 15.9 Å². The highest BCUT2D eigenvalue weighted by atomic mass is 15.2. The van der Waals surface area contributed by atoms with Crippen LogP contribution in [0.2, 0.25) is 0 Å². The molecule has 4 rings (SSSR count). The zero-order chi connectivity index (χ0) is 21.6. The van der Waals surface area contributed by atoms with E-state index in [1.807, 2.05) is 0 Å². The van der Waals surface area contributed by atoms with Crippen LogP contribution in [0.4, 0.5) is 0 Å². The molecule has 1 saturated carbocycles. The minimum Gasteiger partial charge on any atom is -0.341 e. The van der Waals surface area contributed by atoms with E-state index in [9.17, 15) is 0 Å². The van der Waals surface area contributed by atoms with Gasteiger partial charge < -0.3 is 4.90 Å². The van der Waals surface area contributed by atoms with Gasteiger partial charge in [-0.1, -0.05) is 66.7 Å². The summed E-state index contributed by atoms with van der Waals surface area (Å²) in [6, 6.07) is 2.98. The van der Waals surface area contributed by atoms with Crippen molar-refractivity contribution >= 4 is 5.70 Å². The van der Waals surface area contributed by atoms with Gasteiger partial charge in [-0.05, 0) is 71.4 Å². The fraction of sp³-hybridized carbons (Fsp3) is 0.536. The van der Waals surface area contributed by atoms with Crippen molar-refractivity contribution < 1.29 is 0 Å². The smallest absolute Gasteiger partial charge is 0.0905 e. The van der Waals surface area contributed by atoms with E-state index in [-0.39, 0.29) is 5.41 Å². The summed E-state index contributed by atoms with van der Waals surface area (Å²) >= 11 is 0. The lowest BCUT2D eigenvalue weighted by Crippen LogP contribution is -2.45. The molecule has 0 saturated heterocycles. The van der Waals surface area contributed by atoms with Crippen molar-refractivity contribution in [1.29, 1.82) is 0 Å². The molecule has 1 aliphatic carbocycles. The highest BCUT2D eigenvalue weighted by Gasteiger charge is 2.51. The highest BCUT2D eigenvalue weighted by Crippen LogP contribution is 2.56. The molecule has 1 fully saturated rings. The molecule has 1 aromatic rings. The van der Waals surface area contributed by atoms with Crippen LogP contribution in [0.25, 0.3) is 5.70 Å². The van der Waals surface area contributed by atoms with Crippen molar-refractivity contribution in [2.75, 3.05) is 0 Å². The minimum atomic E-state index is 0.266. The maximum absolute atomic E-state index is 5.28. The number of allylic oxidation sites excluding steroid dienone is 4. The molecule has 1 aromatic heterocycles. The summed E-state index contributed by atoms with van der Waals surface area (Å²) < 4.78 is 0. The van der Waals surface area contributed by atoms with Gasteiger partial charge in [-0.25, -0.2) is 0 Å². The quantitative estimate of drug-likeness (QED) is 0.495. The number of hydrogen-bond acceptors (Lipinski definition) is 2. The third-order valence-electron chi connectivity index (χ3n) is 7.43. The molecule has 0 bridgehead atoms. The Morgan fingerprint density at radius 1 is 1.23 bits per heavy atom. The third kappa shape index (κ3) is 3.29. The molecular formula is C28H38N2. The van der Waals surface area contributed by atoms with Crippen LogP contribution in [-0.2, 0) is 12.8 Å². The van der Waals surface area contributed by atoms with E-state index in [2.05, 4.69) is 71.0 Å². The SMILES string of the molecule is C=C1C=C2c3nc(CC)c(CCC)cc3C3CCC(C)(C)C3N2C=C1C(=C)CCC. The van der Waals surface area contributed by atoms with Gasteiger partial charge >= 0.3 is 0 Å². The highest BCUT2D eigenvalue weighted by molar-refractivity contribution is 5.76. The Kier molecular flexibility index (Phi) is 5.55. The lowest BCUT2D eigenvalue weighted by molar-refractivity contribution is 0.194. The van der Waals surface area contributed by atoms with E-state index < -0.39 is 0 Å². The fourth-order valence-electron chi connectivity index (χ4n) is 5.95. The normalized spacial score (nSPS) is 24.0. The Hall–Kier alpha value is -2.09. The number of fused-ring (bicyclic) bond motifs is 6. The summed E-state index contributed by atoms with van der Waals surface area (Å²) in [4.78, 5) is 7.83. The lowest BCUT2D eigenvalue weighted by Gasteiger charge is -2.47. The van der Waals surface area contributed by atoms with Crippen LogP contribution in [0.5, 0.6) is 0 Å². The Morgan fingerprint density at radius 3 is 2.67 bits per heavy atom. The molecule has 0 amide bonds. The van der Waals surface area contributed by atoms with Crippen molar-refractivity contribution in [2.45, 2.75) is 91.5 Å². The first-order chi connectivity index (χ1) is 14.3. The van der Waals surface area contributed by atoms with Gasteiger partial charge in [-0.15, -0.1) is 0 Å². The van der Waals surface area contributed by atoms with E-state index in [0.717, 1.165) is 31.3 Å². The van der Waals surface area contributed by atoms with Gasteiger partial charge in [0, 0.05) is 23.9 Å². The predicted octanol–water partition coefficient (Wildman–Crippen LogP) is 7.34. The average Bonchev–Trinajstić information content (AvgIpc) is 3.03. The second-order valence-corrected chi connectivity index (χ2v) is 10.1. The Bertz CT molecular complexity index is 944. The second kappa shape index (κ2) is 7.87. The standard InChI is InChI=1S/C28H38N2/c1-8-11-18(4)23-17-30-25(15-19(23)5)26-22(21-13-14-28(6,7)27(21)30)16-20(12-9-2)24(10-3)29-26/h15-17,21,27H,4-5,8-14H2,1-3,6-7H3. The lowest BCUT2D eigenvalue weighted by atomic mass is 9.76. The largest absolute Gasteiger partial charge is 0.341 e. The monoisotopic (exact) mass is 402 g/mol. The summed E-state index contributed by atoms with van der Waals surface area (Å²) in [6.45, 7) is 20.4. The topological polar surface area (TPSA) is 16.1 Å². The van der Waals surface area contributed by atoms with Gasteiger partial charge in [0.05, 0.1) is 11.4 Å². The predicted molar refractivity (Wildman–Crippen MR) is 128 cm³/mol. The number of nitrogens with zero attached hydrogens (tertiary/aromatic N) is 2. The molecule has 2 aliphatic heterocycles. The van der Waals surface area contributed by atoms with E-state index in [0.29, 0.717) is 12.0 Å². The maximum Gasteiger partial charge on any atom is 0.0905 e. The van der Waals surface area contributed by atoms with Crippen molar-refractivity contribution in [1.82, 2.24) is 9.88 Å². The molecule has 3 aliphatic rings. The van der Waals surface area contributed by atoms with E-state index >= 15 is 0 Å². The summed E-state index contributed by atoms with van der Waals surface area (Å²) in [5, 5.41) is 0. The first-order valence-corrected chi connectivity index (χ1v) is 11.9. The number of aryl methyl sites for hydroxylation is 2. The molecule has 3 heterocycles. The zero-order valence-corrected chi connectivity index (χ0v) is 19.6. The van der Waals surface area contributed by atoms with Crippen molar-refractivity contribution in [3.8, 4) is 0 Å². The third-order valence-corrected chi connectivity index (χ3v) is 7.43. The van der Waals surface area contributed by atoms with Gasteiger partial charge in [0.1, 0.15) is 0 Å². The molecule has 0 radical (unpaired) electrons. The molecular weight excluding hydrogens is 364 g/mol. The molecule has 2 atom stereocenters. The van der Waals surface area contributed by atoms with Gasteiger partial charge in [-0.3, -0.25) is 4.98 Å². The molecule has 0 spiro atoms. The summed E-state index contributed by atoms with van der Waals surface area (Å²) in [6.07, 6.45) is 12.6. The van der Waals surface area contributed by atoms with Gasteiger partial charge in [0.15, 0.2) is 0 Å². The second-order valence-electron chi connectivity index (χ2n) is 10.1. The van der Waals surface area contributed by atoms with Crippen LogP contribution < -0.4 is 0 Å². The number of pyridine rings is 1. The number of rotatable bonds is 6. The van der Waals surface area contributed by atoms with Gasteiger partial charge in [0.2, 0.25) is 0 Å². The van der Waals surface area contributed by atoms with Crippen molar-refractivity contribution in [3.05, 3.63) is 70.7 Å². The first kappa shape index (κ1) is 21.2. The Labute approximate surface area is 183 Å². The molecule has 160 valence electrons. The summed E-state index contributed by atoms with van der Waals surface area (Å²) in [7, 11) is 0. The van der Waals surface area contributed by atoms with E-state index in [4.69, 9.17) is 4.98 Å². The number of hydrogen-bond donors (Lipinski definition) is 0. The molecule has 0 aromatic carbocycles. The van der Waals surface area contributed by atoms with Gasteiger partial charge in [-0.2, -0.15) is 0 Å². The summed E-state index contributed by atoms with van der Waals surface area (Å²) in [5.74, 6) is 0.546. The fourth-order valence-corrected chi connectivity index (χ4v) is 5.95. The van der Waals surface area contributed by atoms with E-state index in [1.54, 1.807) is 0 Å². The molecule has 30 heavy (non-hydrogen) atoms. The molecule has 0 N–H and O–H groups in total. The first-order valence-electron chi connectivity index (χ1n) is 11.9. The van der Waals surface area contributed by atoms with Crippen LogP contribution in [0.3, 0.4) is 0 Å². The van der Waals surface area contributed by atoms with Crippen LogP contribution >= 0.6 is 0 Å². The Morgan fingerprint density at radius 2 is 2.00 bits per heavy atom.